The molecule has 21 heavy (non-hydrogen) atoms. The van der Waals surface area contributed by atoms with E-state index in [1.807, 2.05) is 19.1 Å². The van der Waals surface area contributed by atoms with Gasteiger partial charge in [0.25, 0.3) is 0 Å². The van der Waals surface area contributed by atoms with E-state index in [2.05, 4.69) is 0 Å². The second-order valence-electron chi connectivity index (χ2n) is 4.33. The SMILES string of the molecule is Cc1ccc(Cl)c(OCC(=O)Oc2ccc(C#N)cc2)c1. The van der Waals surface area contributed by atoms with Gasteiger partial charge in [-0.3, -0.25) is 0 Å². The van der Waals surface area contributed by atoms with Crippen LogP contribution in [0, 0.1) is 18.3 Å². The van der Waals surface area contributed by atoms with Crippen LogP contribution in [0.1, 0.15) is 11.1 Å². The first-order valence-corrected chi connectivity index (χ1v) is 6.56. The number of esters is 1. The lowest BCUT2D eigenvalue weighted by Crippen LogP contribution is -2.17. The number of carbonyl (C=O) groups is 1. The molecule has 0 amide bonds. The van der Waals surface area contributed by atoms with Gasteiger partial charge in [0.2, 0.25) is 0 Å². The van der Waals surface area contributed by atoms with Gasteiger partial charge in [-0.1, -0.05) is 17.7 Å². The fourth-order valence-electron chi connectivity index (χ4n) is 1.62. The van der Waals surface area contributed by atoms with Crippen molar-refractivity contribution in [3.8, 4) is 17.6 Å². The van der Waals surface area contributed by atoms with Crippen LogP contribution in [0.15, 0.2) is 42.5 Å². The molecule has 0 radical (unpaired) electrons. The number of nitriles is 1. The fourth-order valence-corrected chi connectivity index (χ4v) is 1.79. The van der Waals surface area contributed by atoms with Crippen molar-refractivity contribution in [3.05, 3.63) is 58.6 Å². The van der Waals surface area contributed by atoms with E-state index in [0.29, 0.717) is 22.1 Å². The quantitative estimate of drug-likeness (QED) is 0.640. The van der Waals surface area contributed by atoms with E-state index in [-0.39, 0.29) is 6.61 Å². The Morgan fingerprint density at radius 1 is 1.24 bits per heavy atom. The molecule has 0 N–H and O–H groups in total. The van der Waals surface area contributed by atoms with Crippen LogP contribution in [0.4, 0.5) is 0 Å². The summed E-state index contributed by atoms with van der Waals surface area (Å²) in [7, 11) is 0. The molecule has 5 heteroatoms. The highest BCUT2D eigenvalue weighted by Gasteiger charge is 2.08. The molecule has 0 fully saturated rings. The van der Waals surface area contributed by atoms with Gasteiger partial charge in [-0.25, -0.2) is 4.79 Å². The molecule has 0 aliphatic heterocycles. The first-order valence-electron chi connectivity index (χ1n) is 6.18. The van der Waals surface area contributed by atoms with Gasteiger partial charge in [0.05, 0.1) is 16.7 Å². The molecule has 0 bridgehead atoms. The summed E-state index contributed by atoms with van der Waals surface area (Å²) in [6, 6.07) is 13.5. The highest BCUT2D eigenvalue weighted by molar-refractivity contribution is 6.32. The van der Waals surface area contributed by atoms with E-state index < -0.39 is 5.97 Å². The lowest BCUT2D eigenvalue weighted by Gasteiger charge is -2.08. The summed E-state index contributed by atoms with van der Waals surface area (Å²) < 4.78 is 10.4. The van der Waals surface area contributed by atoms with Crippen LogP contribution in [0.2, 0.25) is 5.02 Å². The summed E-state index contributed by atoms with van der Waals surface area (Å²) in [4.78, 5) is 11.7. The predicted octanol–water partition coefficient (Wildman–Crippen LogP) is 3.50. The molecule has 0 aliphatic carbocycles. The summed E-state index contributed by atoms with van der Waals surface area (Å²) in [5.74, 6) is 0.253. The third-order valence-corrected chi connectivity index (χ3v) is 2.96. The summed E-state index contributed by atoms with van der Waals surface area (Å²) in [6.07, 6.45) is 0. The van der Waals surface area contributed by atoms with Gasteiger partial charge < -0.3 is 9.47 Å². The Kier molecular flexibility index (Phi) is 4.81. The molecular weight excluding hydrogens is 290 g/mol. The van der Waals surface area contributed by atoms with Crippen molar-refractivity contribution in [1.29, 1.82) is 5.26 Å². The number of benzene rings is 2. The summed E-state index contributed by atoms with van der Waals surface area (Å²) >= 11 is 5.97. The topological polar surface area (TPSA) is 59.3 Å². The minimum absolute atomic E-state index is 0.247. The molecular formula is C16H12ClNO3. The Hall–Kier alpha value is -2.51. The van der Waals surface area contributed by atoms with E-state index in [1.165, 1.54) is 0 Å². The van der Waals surface area contributed by atoms with Crippen LogP contribution >= 0.6 is 11.6 Å². The van der Waals surface area contributed by atoms with E-state index in [4.69, 9.17) is 26.3 Å². The van der Waals surface area contributed by atoms with Gasteiger partial charge in [-0.15, -0.1) is 0 Å². The van der Waals surface area contributed by atoms with Crippen LogP contribution in [0.5, 0.6) is 11.5 Å². The summed E-state index contributed by atoms with van der Waals surface area (Å²) in [5, 5.41) is 9.12. The molecule has 0 unspecified atom stereocenters. The standard InChI is InChI=1S/C16H12ClNO3/c1-11-2-7-14(17)15(8-11)20-10-16(19)21-13-5-3-12(9-18)4-6-13/h2-8H,10H2,1H3. The number of nitrogens with zero attached hydrogens (tertiary/aromatic N) is 1. The molecule has 2 rings (SSSR count). The van der Waals surface area contributed by atoms with Gasteiger partial charge in [0.1, 0.15) is 11.5 Å². The maximum absolute atomic E-state index is 11.7. The molecule has 0 aromatic heterocycles. The Labute approximate surface area is 127 Å². The van der Waals surface area contributed by atoms with Gasteiger partial charge in [-0.2, -0.15) is 5.26 Å². The molecule has 4 nitrogen and oxygen atoms in total. The maximum Gasteiger partial charge on any atom is 0.349 e. The zero-order chi connectivity index (χ0) is 15.2. The Bertz CT molecular complexity index is 690. The summed E-state index contributed by atoms with van der Waals surface area (Å²) in [5.41, 5.74) is 1.48. The van der Waals surface area contributed by atoms with Crippen LogP contribution in [-0.4, -0.2) is 12.6 Å². The van der Waals surface area contributed by atoms with Crippen molar-refractivity contribution in [2.75, 3.05) is 6.61 Å². The number of carbonyl (C=O) groups excluding carboxylic acids is 1. The first kappa shape index (κ1) is 14.9. The maximum atomic E-state index is 11.7. The lowest BCUT2D eigenvalue weighted by atomic mass is 10.2. The third-order valence-electron chi connectivity index (χ3n) is 2.65. The number of halogens is 1. The highest BCUT2D eigenvalue weighted by Crippen LogP contribution is 2.25. The minimum atomic E-state index is -0.544. The van der Waals surface area contributed by atoms with Crippen molar-refractivity contribution in [2.24, 2.45) is 0 Å². The van der Waals surface area contributed by atoms with Crippen molar-refractivity contribution in [3.63, 3.8) is 0 Å². The van der Waals surface area contributed by atoms with E-state index in [9.17, 15) is 4.79 Å². The fraction of sp³-hybridized carbons (Fsp3) is 0.125. The number of hydrogen-bond acceptors (Lipinski definition) is 4. The molecule has 0 spiro atoms. The molecule has 0 saturated heterocycles. The van der Waals surface area contributed by atoms with Crippen molar-refractivity contribution >= 4 is 17.6 Å². The smallest absolute Gasteiger partial charge is 0.349 e. The first-order chi connectivity index (χ1) is 10.1. The third kappa shape index (κ3) is 4.23. The van der Waals surface area contributed by atoms with E-state index in [1.54, 1.807) is 36.4 Å². The zero-order valence-corrected chi connectivity index (χ0v) is 12.1. The largest absolute Gasteiger partial charge is 0.480 e. The number of aryl methyl sites for hydroxylation is 1. The average molecular weight is 302 g/mol. The van der Waals surface area contributed by atoms with Crippen molar-refractivity contribution in [2.45, 2.75) is 6.92 Å². The highest BCUT2D eigenvalue weighted by atomic mass is 35.5. The predicted molar refractivity (Wildman–Crippen MR) is 78.5 cm³/mol. The van der Waals surface area contributed by atoms with Gasteiger partial charge >= 0.3 is 5.97 Å². The van der Waals surface area contributed by atoms with Crippen LogP contribution in [-0.2, 0) is 4.79 Å². The molecule has 0 saturated carbocycles. The zero-order valence-electron chi connectivity index (χ0n) is 11.3. The number of rotatable bonds is 4. The van der Waals surface area contributed by atoms with Gasteiger partial charge in [-0.05, 0) is 48.9 Å². The van der Waals surface area contributed by atoms with E-state index >= 15 is 0 Å². The van der Waals surface area contributed by atoms with Crippen LogP contribution < -0.4 is 9.47 Å². The van der Waals surface area contributed by atoms with Crippen LogP contribution in [0.25, 0.3) is 0 Å². The molecule has 0 atom stereocenters. The normalized spacial score (nSPS) is 9.76. The van der Waals surface area contributed by atoms with E-state index in [0.717, 1.165) is 5.56 Å². The number of hydrogen-bond donors (Lipinski definition) is 0. The van der Waals surface area contributed by atoms with Gasteiger partial charge in [0.15, 0.2) is 6.61 Å². The molecule has 2 aromatic rings. The molecule has 0 heterocycles. The Morgan fingerprint density at radius 2 is 1.95 bits per heavy atom. The molecule has 2 aromatic carbocycles. The molecule has 106 valence electrons. The second-order valence-corrected chi connectivity index (χ2v) is 4.74. The van der Waals surface area contributed by atoms with Crippen LogP contribution in [0.3, 0.4) is 0 Å². The number of ether oxygens (including phenoxy) is 2. The summed E-state index contributed by atoms with van der Waals surface area (Å²) in [6.45, 7) is 1.65. The van der Waals surface area contributed by atoms with Gasteiger partial charge in [0, 0.05) is 0 Å². The second kappa shape index (κ2) is 6.78. The lowest BCUT2D eigenvalue weighted by molar-refractivity contribution is -0.136. The molecule has 0 aliphatic rings. The Balaban J connectivity index is 1.92. The minimum Gasteiger partial charge on any atom is -0.480 e. The van der Waals surface area contributed by atoms with Crippen molar-refractivity contribution in [1.82, 2.24) is 0 Å². The monoisotopic (exact) mass is 301 g/mol. The Morgan fingerprint density at radius 3 is 2.62 bits per heavy atom. The average Bonchev–Trinajstić information content (AvgIpc) is 2.49. The van der Waals surface area contributed by atoms with Crippen molar-refractivity contribution < 1.29 is 14.3 Å².